The Morgan fingerprint density at radius 3 is 3.00 bits per heavy atom. The SMILES string of the molecule is CCC1COCCN1C(=O)c1cc(O)ccc1[N+](=O)[O-]. The van der Waals surface area contributed by atoms with Gasteiger partial charge >= 0.3 is 0 Å². The van der Waals surface area contributed by atoms with Gasteiger partial charge in [0.1, 0.15) is 11.3 Å². The summed E-state index contributed by atoms with van der Waals surface area (Å²) < 4.78 is 5.31. The van der Waals surface area contributed by atoms with Gasteiger partial charge in [-0.25, -0.2) is 0 Å². The van der Waals surface area contributed by atoms with E-state index in [2.05, 4.69) is 0 Å². The number of hydrogen-bond acceptors (Lipinski definition) is 5. The van der Waals surface area contributed by atoms with Crippen molar-refractivity contribution < 1.29 is 19.6 Å². The van der Waals surface area contributed by atoms with Crippen molar-refractivity contribution in [3.63, 3.8) is 0 Å². The molecule has 0 bridgehead atoms. The van der Waals surface area contributed by atoms with E-state index in [9.17, 15) is 20.0 Å². The fraction of sp³-hybridized carbons (Fsp3) is 0.462. The summed E-state index contributed by atoms with van der Waals surface area (Å²) in [6, 6.07) is 3.39. The summed E-state index contributed by atoms with van der Waals surface area (Å²) in [6.45, 7) is 3.16. The Labute approximate surface area is 115 Å². The number of aromatic hydroxyl groups is 1. The normalized spacial score (nSPS) is 18.9. The van der Waals surface area contributed by atoms with Crippen molar-refractivity contribution in [3.8, 4) is 5.75 Å². The lowest BCUT2D eigenvalue weighted by molar-refractivity contribution is -0.385. The number of nitrogens with zero attached hydrogens (tertiary/aromatic N) is 2. The second-order valence-electron chi connectivity index (χ2n) is 4.59. The highest BCUT2D eigenvalue weighted by Gasteiger charge is 2.31. The maximum atomic E-state index is 12.5. The van der Waals surface area contributed by atoms with Gasteiger partial charge in [-0.15, -0.1) is 0 Å². The number of phenolic OH excluding ortho intramolecular Hbond substituents is 1. The second kappa shape index (κ2) is 5.87. The van der Waals surface area contributed by atoms with Crippen molar-refractivity contribution in [3.05, 3.63) is 33.9 Å². The number of morpholine rings is 1. The summed E-state index contributed by atoms with van der Waals surface area (Å²) in [7, 11) is 0. The van der Waals surface area contributed by atoms with Crippen LogP contribution in [-0.4, -0.2) is 46.6 Å². The Balaban J connectivity index is 2.36. The average Bonchev–Trinajstić information content (AvgIpc) is 2.46. The molecule has 0 spiro atoms. The highest BCUT2D eigenvalue weighted by Crippen LogP contribution is 2.26. The minimum atomic E-state index is -0.617. The van der Waals surface area contributed by atoms with E-state index in [-0.39, 0.29) is 23.0 Å². The fourth-order valence-electron chi connectivity index (χ4n) is 2.27. The number of nitro groups is 1. The first-order chi connectivity index (χ1) is 9.54. The van der Waals surface area contributed by atoms with Gasteiger partial charge in [0, 0.05) is 12.6 Å². The summed E-state index contributed by atoms with van der Waals surface area (Å²) in [5.41, 5.74) is -0.385. The van der Waals surface area contributed by atoms with Gasteiger partial charge in [0.2, 0.25) is 0 Å². The molecular weight excluding hydrogens is 264 g/mol. The lowest BCUT2D eigenvalue weighted by Gasteiger charge is -2.35. The molecule has 0 radical (unpaired) electrons. The average molecular weight is 280 g/mol. The maximum absolute atomic E-state index is 12.5. The molecule has 1 fully saturated rings. The Morgan fingerprint density at radius 1 is 1.60 bits per heavy atom. The first kappa shape index (κ1) is 14.3. The topological polar surface area (TPSA) is 92.9 Å². The minimum Gasteiger partial charge on any atom is -0.508 e. The lowest BCUT2D eigenvalue weighted by atomic mass is 10.1. The standard InChI is InChI=1S/C13H16N2O5/c1-2-9-8-20-6-5-14(9)13(17)11-7-10(16)3-4-12(11)15(18)19/h3-4,7,9,16H,2,5-6,8H2,1H3. The molecule has 0 aromatic heterocycles. The summed E-state index contributed by atoms with van der Waals surface area (Å²) in [5, 5.41) is 20.5. The van der Waals surface area contributed by atoms with Gasteiger partial charge in [-0.1, -0.05) is 6.92 Å². The van der Waals surface area contributed by atoms with E-state index >= 15 is 0 Å². The second-order valence-corrected chi connectivity index (χ2v) is 4.59. The van der Waals surface area contributed by atoms with E-state index < -0.39 is 10.8 Å². The number of carbonyl (C=O) groups is 1. The zero-order valence-corrected chi connectivity index (χ0v) is 11.1. The Kier molecular flexibility index (Phi) is 4.19. The van der Waals surface area contributed by atoms with Crippen LogP contribution < -0.4 is 0 Å². The molecule has 108 valence electrons. The van der Waals surface area contributed by atoms with Crippen LogP contribution in [0, 0.1) is 10.1 Å². The molecular formula is C13H16N2O5. The van der Waals surface area contributed by atoms with Crippen LogP contribution in [0.15, 0.2) is 18.2 Å². The lowest BCUT2D eigenvalue weighted by Crippen LogP contribution is -2.48. The van der Waals surface area contributed by atoms with Gasteiger partial charge in [0.05, 0.1) is 24.2 Å². The highest BCUT2D eigenvalue weighted by molar-refractivity contribution is 5.98. The molecule has 1 aliphatic heterocycles. The third-order valence-electron chi connectivity index (χ3n) is 3.37. The Hall–Kier alpha value is -2.15. The largest absolute Gasteiger partial charge is 0.508 e. The smallest absolute Gasteiger partial charge is 0.282 e. The number of nitro benzene ring substituents is 1. The quantitative estimate of drug-likeness (QED) is 0.669. The molecule has 1 unspecified atom stereocenters. The molecule has 1 heterocycles. The Bertz CT molecular complexity index is 531. The van der Waals surface area contributed by atoms with E-state index in [1.807, 2.05) is 6.92 Å². The van der Waals surface area contributed by atoms with E-state index in [0.29, 0.717) is 26.2 Å². The van der Waals surface area contributed by atoms with Crippen LogP contribution in [0.3, 0.4) is 0 Å². The first-order valence-electron chi connectivity index (χ1n) is 6.40. The van der Waals surface area contributed by atoms with Crippen molar-refractivity contribution in [1.82, 2.24) is 4.90 Å². The third-order valence-corrected chi connectivity index (χ3v) is 3.37. The fourth-order valence-corrected chi connectivity index (χ4v) is 2.27. The van der Waals surface area contributed by atoms with Crippen molar-refractivity contribution in [2.24, 2.45) is 0 Å². The summed E-state index contributed by atoms with van der Waals surface area (Å²) >= 11 is 0. The van der Waals surface area contributed by atoms with Crippen LogP contribution in [0.2, 0.25) is 0 Å². The van der Waals surface area contributed by atoms with Crippen LogP contribution in [0.4, 0.5) is 5.69 Å². The molecule has 1 aromatic rings. The number of rotatable bonds is 3. The van der Waals surface area contributed by atoms with Gasteiger partial charge in [0.25, 0.3) is 11.6 Å². The number of carbonyl (C=O) groups excluding carboxylic acids is 1. The maximum Gasteiger partial charge on any atom is 0.282 e. The third kappa shape index (κ3) is 2.72. The molecule has 7 nitrogen and oxygen atoms in total. The van der Waals surface area contributed by atoms with Crippen molar-refractivity contribution in [1.29, 1.82) is 0 Å². The van der Waals surface area contributed by atoms with Gasteiger partial charge in [-0.05, 0) is 18.6 Å². The summed E-state index contributed by atoms with van der Waals surface area (Å²) in [6.07, 6.45) is 0.707. The van der Waals surface area contributed by atoms with E-state index in [1.165, 1.54) is 6.07 Å². The van der Waals surface area contributed by atoms with Gasteiger partial charge < -0.3 is 14.7 Å². The Morgan fingerprint density at radius 2 is 2.35 bits per heavy atom. The van der Waals surface area contributed by atoms with Crippen molar-refractivity contribution >= 4 is 11.6 Å². The van der Waals surface area contributed by atoms with Gasteiger partial charge in [-0.2, -0.15) is 0 Å². The zero-order chi connectivity index (χ0) is 14.7. The van der Waals surface area contributed by atoms with E-state index in [4.69, 9.17) is 4.74 Å². The molecule has 0 aliphatic carbocycles. The summed E-state index contributed by atoms with van der Waals surface area (Å²) in [4.78, 5) is 24.5. The van der Waals surface area contributed by atoms with Gasteiger partial charge in [0.15, 0.2) is 0 Å². The first-order valence-corrected chi connectivity index (χ1v) is 6.40. The molecule has 1 aromatic carbocycles. The molecule has 1 aliphatic rings. The number of benzene rings is 1. The molecule has 1 saturated heterocycles. The molecule has 0 saturated carbocycles. The van der Waals surface area contributed by atoms with Crippen LogP contribution in [0.25, 0.3) is 0 Å². The number of phenols is 1. The van der Waals surface area contributed by atoms with E-state index in [1.54, 1.807) is 4.90 Å². The van der Waals surface area contributed by atoms with Crippen LogP contribution in [0.1, 0.15) is 23.7 Å². The molecule has 20 heavy (non-hydrogen) atoms. The molecule has 1 atom stereocenters. The minimum absolute atomic E-state index is 0.0876. The van der Waals surface area contributed by atoms with E-state index in [0.717, 1.165) is 12.1 Å². The predicted molar refractivity (Wildman–Crippen MR) is 70.7 cm³/mol. The molecule has 7 heteroatoms. The van der Waals surface area contributed by atoms with Gasteiger partial charge in [-0.3, -0.25) is 14.9 Å². The summed E-state index contributed by atoms with van der Waals surface area (Å²) in [5.74, 6) is -0.608. The number of ether oxygens (including phenoxy) is 1. The van der Waals surface area contributed by atoms with Crippen molar-refractivity contribution in [2.45, 2.75) is 19.4 Å². The highest BCUT2D eigenvalue weighted by atomic mass is 16.6. The monoisotopic (exact) mass is 280 g/mol. The van der Waals surface area contributed by atoms with Crippen LogP contribution >= 0.6 is 0 Å². The predicted octanol–water partition coefficient (Wildman–Crippen LogP) is 1.55. The molecule has 1 amide bonds. The van der Waals surface area contributed by atoms with Crippen LogP contribution in [0.5, 0.6) is 5.75 Å². The molecule has 1 N–H and O–H groups in total. The zero-order valence-electron chi connectivity index (χ0n) is 11.1. The number of hydrogen-bond donors (Lipinski definition) is 1. The van der Waals surface area contributed by atoms with Crippen LogP contribution in [-0.2, 0) is 4.74 Å². The van der Waals surface area contributed by atoms with Crippen molar-refractivity contribution in [2.75, 3.05) is 19.8 Å². The molecule has 2 rings (SSSR count). The number of amides is 1.